The topological polar surface area (TPSA) is 61.2 Å². The summed E-state index contributed by atoms with van der Waals surface area (Å²) < 4.78 is 50.5. The molecule has 0 atom stereocenters. The summed E-state index contributed by atoms with van der Waals surface area (Å²) in [5.41, 5.74) is 0.0114. The Morgan fingerprint density at radius 2 is 2.00 bits per heavy atom. The molecule has 0 bridgehead atoms. The number of nitriles is 1. The van der Waals surface area contributed by atoms with E-state index in [0.717, 1.165) is 15.6 Å². The Balaban J connectivity index is 2.24. The van der Waals surface area contributed by atoms with Crippen molar-refractivity contribution in [2.24, 2.45) is 0 Å². The molecule has 0 N–H and O–H groups in total. The number of hydrogen-bond donors (Lipinski definition) is 0. The van der Waals surface area contributed by atoms with Gasteiger partial charge in [0.2, 0.25) is 10.0 Å². The van der Waals surface area contributed by atoms with Gasteiger partial charge in [0.1, 0.15) is 15.8 Å². The van der Waals surface area contributed by atoms with Crippen LogP contribution in [0.2, 0.25) is 0 Å². The molecule has 1 saturated heterocycles. The molecule has 2 heterocycles. The van der Waals surface area contributed by atoms with Crippen LogP contribution >= 0.6 is 11.3 Å². The quantitative estimate of drug-likeness (QED) is 0.843. The molecular formula is C11H10F2N2O2S2. The van der Waals surface area contributed by atoms with E-state index in [9.17, 15) is 17.2 Å². The minimum Gasteiger partial charge on any atom is -0.207 e. The first-order chi connectivity index (χ1) is 8.96. The van der Waals surface area contributed by atoms with Crippen molar-refractivity contribution in [3.8, 4) is 6.07 Å². The SMILES string of the molecule is N#Cc1sccc1S(=O)(=O)N1CCC(=C(F)F)CC1. The Morgan fingerprint density at radius 1 is 1.37 bits per heavy atom. The molecule has 2 rings (SSSR count). The molecule has 0 aromatic carbocycles. The van der Waals surface area contributed by atoms with Crippen molar-refractivity contribution < 1.29 is 17.2 Å². The van der Waals surface area contributed by atoms with Gasteiger partial charge in [-0.1, -0.05) is 0 Å². The van der Waals surface area contributed by atoms with Crippen molar-refractivity contribution in [3.63, 3.8) is 0 Å². The van der Waals surface area contributed by atoms with Gasteiger partial charge in [-0.2, -0.15) is 18.3 Å². The van der Waals surface area contributed by atoms with E-state index >= 15 is 0 Å². The van der Waals surface area contributed by atoms with E-state index in [0.29, 0.717) is 0 Å². The van der Waals surface area contributed by atoms with E-state index in [4.69, 9.17) is 5.26 Å². The monoisotopic (exact) mass is 304 g/mol. The fourth-order valence-corrected chi connectivity index (χ4v) is 4.49. The standard InChI is InChI=1S/C11H10F2N2O2S2/c12-11(13)8-1-4-15(5-2-8)19(16,17)10-3-6-18-9(10)7-14/h3,6H,1-2,4-5H2. The van der Waals surface area contributed by atoms with E-state index < -0.39 is 16.1 Å². The average molecular weight is 304 g/mol. The molecule has 19 heavy (non-hydrogen) atoms. The summed E-state index contributed by atoms with van der Waals surface area (Å²) in [4.78, 5) is 0.0890. The van der Waals surface area contributed by atoms with Crippen LogP contribution in [0.4, 0.5) is 8.78 Å². The maximum atomic E-state index is 12.4. The number of piperidine rings is 1. The van der Waals surface area contributed by atoms with Gasteiger partial charge >= 0.3 is 0 Å². The highest BCUT2D eigenvalue weighted by Crippen LogP contribution is 2.29. The summed E-state index contributed by atoms with van der Waals surface area (Å²) in [6.45, 7) is 0.0471. The number of halogens is 2. The van der Waals surface area contributed by atoms with Gasteiger partial charge in [-0.25, -0.2) is 8.42 Å². The molecule has 0 radical (unpaired) electrons. The number of sulfonamides is 1. The lowest BCUT2D eigenvalue weighted by atomic mass is 10.1. The molecule has 4 nitrogen and oxygen atoms in total. The number of nitrogens with zero attached hydrogens (tertiary/aromatic N) is 2. The molecule has 1 aliphatic heterocycles. The largest absolute Gasteiger partial charge is 0.269 e. The van der Waals surface area contributed by atoms with Crippen LogP contribution in [0.1, 0.15) is 17.7 Å². The van der Waals surface area contributed by atoms with Gasteiger partial charge in [0.15, 0.2) is 0 Å². The zero-order valence-corrected chi connectivity index (χ0v) is 11.4. The fourth-order valence-electron chi connectivity index (χ4n) is 1.91. The van der Waals surface area contributed by atoms with Gasteiger partial charge in [-0.15, -0.1) is 11.3 Å². The number of rotatable bonds is 2. The van der Waals surface area contributed by atoms with Crippen LogP contribution in [0.3, 0.4) is 0 Å². The van der Waals surface area contributed by atoms with Crippen molar-refractivity contribution in [3.05, 3.63) is 28.0 Å². The second kappa shape index (κ2) is 5.36. The van der Waals surface area contributed by atoms with Crippen molar-refractivity contribution in [1.82, 2.24) is 4.31 Å². The van der Waals surface area contributed by atoms with Crippen LogP contribution in [0, 0.1) is 11.3 Å². The minimum absolute atomic E-state index is 0.0114. The molecule has 8 heteroatoms. The highest BCUT2D eigenvalue weighted by molar-refractivity contribution is 7.89. The molecule has 0 saturated carbocycles. The molecule has 0 amide bonds. The summed E-state index contributed by atoms with van der Waals surface area (Å²) in [5, 5.41) is 10.4. The summed E-state index contributed by atoms with van der Waals surface area (Å²) in [6, 6.07) is 3.21. The summed E-state index contributed by atoms with van der Waals surface area (Å²) >= 11 is 1.05. The molecular weight excluding hydrogens is 294 g/mol. The molecule has 0 aliphatic carbocycles. The third-order valence-corrected chi connectivity index (χ3v) is 5.83. The molecule has 0 spiro atoms. The Morgan fingerprint density at radius 3 is 2.53 bits per heavy atom. The third-order valence-electron chi connectivity index (χ3n) is 2.94. The minimum atomic E-state index is -3.76. The van der Waals surface area contributed by atoms with Crippen molar-refractivity contribution in [1.29, 1.82) is 5.26 Å². The zero-order chi connectivity index (χ0) is 14.0. The lowest BCUT2D eigenvalue weighted by molar-refractivity contribution is 0.350. The fraction of sp³-hybridized carbons (Fsp3) is 0.364. The smallest absolute Gasteiger partial charge is 0.207 e. The summed E-state index contributed by atoms with van der Waals surface area (Å²) in [5.74, 6) is 0. The molecule has 1 aromatic rings. The predicted octanol–water partition coefficient (Wildman–Crippen LogP) is 2.55. The Labute approximate surface area is 113 Å². The normalized spacial score (nSPS) is 17.2. The van der Waals surface area contributed by atoms with E-state index in [1.807, 2.05) is 6.07 Å². The van der Waals surface area contributed by atoms with Gasteiger partial charge in [-0.3, -0.25) is 0 Å². The maximum absolute atomic E-state index is 12.4. The lowest BCUT2D eigenvalue weighted by Gasteiger charge is -2.26. The molecule has 1 aliphatic rings. The van der Waals surface area contributed by atoms with Crippen LogP contribution in [0.15, 0.2) is 28.0 Å². The van der Waals surface area contributed by atoms with Crippen LogP contribution in [0.5, 0.6) is 0 Å². The first-order valence-electron chi connectivity index (χ1n) is 5.47. The van der Waals surface area contributed by atoms with E-state index in [-0.39, 0.29) is 41.3 Å². The van der Waals surface area contributed by atoms with E-state index in [1.165, 1.54) is 11.4 Å². The molecule has 1 aromatic heterocycles. The van der Waals surface area contributed by atoms with Crippen LogP contribution < -0.4 is 0 Å². The van der Waals surface area contributed by atoms with Crippen LogP contribution in [-0.2, 0) is 10.0 Å². The lowest BCUT2D eigenvalue weighted by Crippen LogP contribution is -2.36. The van der Waals surface area contributed by atoms with Crippen molar-refractivity contribution in [2.75, 3.05) is 13.1 Å². The van der Waals surface area contributed by atoms with E-state index in [1.54, 1.807) is 0 Å². The third kappa shape index (κ3) is 2.68. The Bertz CT molecular complexity index is 644. The average Bonchev–Trinajstić information content (AvgIpc) is 2.87. The van der Waals surface area contributed by atoms with Crippen LogP contribution in [0.25, 0.3) is 0 Å². The van der Waals surface area contributed by atoms with Crippen molar-refractivity contribution in [2.45, 2.75) is 17.7 Å². The van der Waals surface area contributed by atoms with Gasteiger partial charge in [-0.05, 0) is 29.9 Å². The number of thiophene rings is 1. The summed E-state index contributed by atoms with van der Waals surface area (Å²) in [6.07, 6.45) is -1.65. The first kappa shape index (κ1) is 14.1. The Hall–Kier alpha value is -1.30. The molecule has 1 fully saturated rings. The number of hydrogen-bond acceptors (Lipinski definition) is 4. The highest BCUT2D eigenvalue weighted by atomic mass is 32.2. The van der Waals surface area contributed by atoms with E-state index in [2.05, 4.69) is 0 Å². The van der Waals surface area contributed by atoms with Gasteiger partial charge in [0.05, 0.1) is 0 Å². The van der Waals surface area contributed by atoms with Gasteiger partial charge < -0.3 is 0 Å². The second-order valence-electron chi connectivity index (χ2n) is 3.99. The molecule has 102 valence electrons. The van der Waals surface area contributed by atoms with Gasteiger partial charge in [0.25, 0.3) is 6.08 Å². The maximum Gasteiger partial charge on any atom is 0.269 e. The van der Waals surface area contributed by atoms with Crippen molar-refractivity contribution >= 4 is 21.4 Å². The zero-order valence-electron chi connectivity index (χ0n) is 9.77. The van der Waals surface area contributed by atoms with Crippen LogP contribution in [-0.4, -0.2) is 25.8 Å². The molecule has 0 unspecified atom stereocenters. The second-order valence-corrected chi connectivity index (χ2v) is 6.82. The summed E-state index contributed by atoms with van der Waals surface area (Å²) in [7, 11) is -3.76. The van der Waals surface area contributed by atoms with Gasteiger partial charge in [0, 0.05) is 13.1 Å². The first-order valence-corrected chi connectivity index (χ1v) is 7.79. The highest BCUT2D eigenvalue weighted by Gasteiger charge is 2.30. The Kier molecular flexibility index (Phi) is 3.99. The predicted molar refractivity (Wildman–Crippen MR) is 66.3 cm³/mol.